The largest absolute Gasteiger partial charge is 0.408 e. The summed E-state index contributed by atoms with van der Waals surface area (Å²) >= 11 is 0. The van der Waals surface area contributed by atoms with Crippen LogP contribution in [-0.2, 0) is 25.0 Å². The molecule has 0 aliphatic heterocycles. The van der Waals surface area contributed by atoms with Gasteiger partial charge in [0.1, 0.15) is 12.2 Å². The van der Waals surface area contributed by atoms with Gasteiger partial charge in [0.2, 0.25) is 0 Å². The lowest BCUT2D eigenvalue weighted by Crippen LogP contribution is -2.57. The van der Waals surface area contributed by atoms with Crippen LogP contribution in [0.3, 0.4) is 0 Å². The Labute approximate surface area is 191 Å². The maximum Gasteiger partial charge on any atom is 0.193 e. The van der Waals surface area contributed by atoms with Gasteiger partial charge in [0, 0.05) is 0 Å². The summed E-state index contributed by atoms with van der Waals surface area (Å²) < 4.78 is 19.8. The van der Waals surface area contributed by atoms with Crippen molar-refractivity contribution in [2.45, 2.75) is 103 Å². The molecule has 1 aliphatic carbocycles. The van der Waals surface area contributed by atoms with Crippen LogP contribution in [0.1, 0.15) is 47.1 Å². The van der Waals surface area contributed by atoms with E-state index in [4.69, 9.17) is 13.6 Å². The molecule has 0 saturated heterocycles. The topological polar surface area (TPSA) is 44.8 Å². The van der Waals surface area contributed by atoms with Crippen molar-refractivity contribution in [3.63, 3.8) is 0 Å². The molecule has 174 valence electrons. The van der Waals surface area contributed by atoms with Crippen molar-refractivity contribution in [2.75, 3.05) is 0 Å². The minimum atomic E-state index is -2.19. The third-order valence-corrected chi connectivity index (χ3v) is 16.0. The van der Waals surface area contributed by atoms with E-state index < -0.39 is 28.8 Å². The molecule has 0 heterocycles. The van der Waals surface area contributed by atoms with Crippen LogP contribution >= 0.6 is 0 Å². The van der Waals surface area contributed by atoms with Crippen LogP contribution in [0.5, 0.6) is 0 Å². The fraction of sp³-hybridized carbons (Fsp3) is 0.640. The van der Waals surface area contributed by atoms with Gasteiger partial charge in [0.05, 0.1) is 12.7 Å². The molecule has 6 heteroatoms. The van der Waals surface area contributed by atoms with Crippen molar-refractivity contribution in [2.24, 2.45) is 0 Å². The van der Waals surface area contributed by atoms with Crippen molar-refractivity contribution in [1.29, 1.82) is 0 Å². The van der Waals surface area contributed by atoms with Crippen LogP contribution in [0.25, 0.3) is 0 Å². The minimum absolute atomic E-state index is 0.00575. The highest BCUT2D eigenvalue weighted by Crippen LogP contribution is 2.41. The Balaban J connectivity index is 2.36. The van der Waals surface area contributed by atoms with E-state index in [2.05, 4.69) is 67.7 Å². The van der Waals surface area contributed by atoms with Crippen molar-refractivity contribution in [3.05, 3.63) is 48.0 Å². The molecule has 1 aromatic rings. The second-order valence-corrected chi connectivity index (χ2v) is 21.2. The fourth-order valence-electron chi connectivity index (χ4n) is 2.92. The smallest absolute Gasteiger partial charge is 0.193 e. The minimum Gasteiger partial charge on any atom is -0.408 e. The Morgan fingerprint density at radius 1 is 0.839 bits per heavy atom. The number of ether oxygens (including phenoxy) is 1. The zero-order valence-electron chi connectivity index (χ0n) is 21.1. The molecule has 1 aromatic carbocycles. The maximum absolute atomic E-state index is 13.0. The van der Waals surface area contributed by atoms with Gasteiger partial charge in [-0.15, -0.1) is 0 Å². The monoisotopic (exact) mass is 462 g/mol. The molecule has 0 unspecified atom stereocenters. The molecular weight excluding hydrogens is 420 g/mol. The van der Waals surface area contributed by atoms with E-state index in [0.717, 1.165) is 5.56 Å². The highest BCUT2D eigenvalue weighted by molar-refractivity contribution is 6.74. The number of hydrogen-bond donors (Lipinski definition) is 0. The molecule has 3 atom stereocenters. The Morgan fingerprint density at radius 2 is 1.35 bits per heavy atom. The van der Waals surface area contributed by atoms with Crippen LogP contribution in [0.2, 0.25) is 36.3 Å². The van der Waals surface area contributed by atoms with Gasteiger partial charge in [0.15, 0.2) is 22.4 Å². The molecule has 0 N–H and O–H groups in total. The highest BCUT2D eigenvalue weighted by Gasteiger charge is 2.48. The molecule has 0 aromatic heterocycles. The Kier molecular flexibility index (Phi) is 7.97. The summed E-state index contributed by atoms with van der Waals surface area (Å²) in [4.78, 5) is 13.0. The summed E-state index contributed by atoms with van der Waals surface area (Å²) in [6, 6.07) is 10.1. The molecule has 0 fully saturated rings. The quantitative estimate of drug-likeness (QED) is 0.434. The third-order valence-electron chi connectivity index (χ3n) is 7.10. The van der Waals surface area contributed by atoms with Gasteiger partial charge in [-0.2, -0.15) is 0 Å². The van der Waals surface area contributed by atoms with Crippen molar-refractivity contribution >= 4 is 22.4 Å². The van der Waals surface area contributed by atoms with E-state index in [0.29, 0.717) is 6.61 Å². The predicted octanol–water partition coefficient (Wildman–Crippen LogP) is 6.49. The fourth-order valence-corrected chi connectivity index (χ4v) is 5.41. The molecule has 1 aliphatic rings. The molecule has 0 saturated carbocycles. The first-order valence-corrected chi connectivity index (χ1v) is 17.1. The Bertz CT molecular complexity index is 773. The number of rotatable bonds is 7. The molecule has 31 heavy (non-hydrogen) atoms. The Morgan fingerprint density at radius 3 is 1.87 bits per heavy atom. The van der Waals surface area contributed by atoms with Gasteiger partial charge in [-0.1, -0.05) is 78.0 Å². The van der Waals surface area contributed by atoms with Gasteiger partial charge in [0.25, 0.3) is 0 Å². The summed E-state index contributed by atoms with van der Waals surface area (Å²) in [7, 11) is -4.26. The lowest BCUT2D eigenvalue weighted by Gasteiger charge is -2.45. The first kappa shape index (κ1) is 26.2. The van der Waals surface area contributed by atoms with Crippen LogP contribution < -0.4 is 0 Å². The van der Waals surface area contributed by atoms with E-state index in [1.54, 1.807) is 6.08 Å². The first-order valence-electron chi connectivity index (χ1n) is 11.3. The zero-order chi connectivity index (χ0) is 23.7. The molecular formula is C25H42O4Si2. The van der Waals surface area contributed by atoms with Gasteiger partial charge >= 0.3 is 0 Å². The van der Waals surface area contributed by atoms with E-state index >= 15 is 0 Å². The molecule has 0 spiro atoms. The molecule has 2 rings (SSSR count). The lowest BCUT2D eigenvalue weighted by atomic mass is 9.97. The SMILES string of the molecule is CC(C)(C)[Si](C)(C)O[C@@H]1C=CC(=O)[C@H](O[Si](C)(C)C(C)(C)C)[C@H]1OCc1ccccc1. The average molecular weight is 463 g/mol. The number of carbonyl (C=O) groups excluding carboxylic acids is 1. The predicted molar refractivity (Wildman–Crippen MR) is 133 cm³/mol. The zero-order valence-corrected chi connectivity index (χ0v) is 23.1. The first-order chi connectivity index (χ1) is 14.1. The van der Waals surface area contributed by atoms with Crippen LogP contribution in [0, 0.1) is 0 Å². The van der Waals surface area contributed by atoms with E-state index in [-0.39, 0.29) is 22.0 Å². The highest BCUT2D eigenvalue weighted by atomic mass is 28.4. The van der Waals surface area contributed by atoms with Crippen molar-refractivity contribution in [3.8, 4) is 0 Å². The summed E-state index contributed by atoms with van der Waals surface area (Å²) in [5.74, 6) is -0.0297. The van der Waals surface area contributed by atoms with E-state index in [1.807, 2.05) is 36.4 Å². The van der Waals surface area contributed by atoms with Crippen LogP contribution in [0.4, 0.5) is 0 Å². The maximum atomic E-state index is 13.0. The summed E-state index contributed by atoms with van der Waals surface area (Å²) in [6.45, 7) is 22.5. The van der Waals surface area contributed by atoms with Crippen LogP contribution in [-0.4, -0.2) is 40.7 Å². The van der Waals surface area contributed by atoms with Gasteiger partial charge in [-0.25, -0.2) is 0 Å². The number of carbonyl (C=O) groups is 1. The van der Waals surface area contributed by atoms with Crippen LogP contribution in [0.15, 0.2) is 42.5 Å². The Hall–Kier alpha value is -1.06. The molecule has 4 nitrogen and oxygen atoms in total. The molecule has 0 radical (unpaired) electrons. The summed E-state index contributed by atoms with van der Waals surface area (Å²) in [5, 5.41) is 0.0519. The van der Waals surface area contributed by atoms with Gasteiger partial charge in [-0.3, -0.25) is 4.79 Å². The standard InChI is InChI=1S/C25H42O4Si2/c1-24(2,3)30(7,8)28-21-17-16-20(26)22(29-31(9,10)25(4,5)6)23(21)27-18-19-14-12-11-13-15-19/h11-17,21-23H,18H2,1-10H3/t21-,22+,23+/m1/s1. The van der Waals surface area contributed by atoms with E-state index in [9.17, 15) is 4.79 Å². The lowest BCUT2D eigenvalue weighted by molar-refractivity contribution is -0.138. The second-order valence-electron chi connectivity index (χ2n) is 11.7. The molecule has 0 bridgehead atoms. The summed E-state index contributed by atoms with van der Waals surface area (Å²) in [6.07, 6.45) is 2.09. The average Bonchev–Trinajstić information content (AvgIpc) is 2.62. The number of hydrogen-bond acceptors (Lipinski definition) is 4. The summed E-state index contributed by atoms with van der Waals surface area (Å²) in [5.41, 5.74) is 1.07. The third kappa shape index (κ3) is 6.48. The van der Waals surface area contributed by atoms with Gasteiger partial charge < -0.3 is 13.6 Å². The normalized spacial score (nSPS) is 23.3. The van der Waals surface area contributed by atoms with Crippen molar-refractivity contribution < 1.29 is 18.4 Å². The number of ketones is 1. The van der Waals surface area contributed by atoms with E-state index in [1.165, 1.54) is 0 Å². The number of benzene rings is 1. The van der Waals surface area contributed by atoms with Gasteiger partial charge in [-0.05, 0) is 47.9 Å². The second kappa shape index (κ2) is 9.43. The molecule has 0 amide bonds. The van der Waals surface area contributed by atoms with Crippen molar-refractivity contribution in [1.82, 2.24) is 0 Å².